The van der Waals surface area contributed by atoms with Gasteiger partial charge < -0.3 is 18.9 Å². The van der Waals surface area contributed by atoms with Gasteiger partial charge in [0.25, 0.3) is 0 Å². The molecule has 0 radical (unpaired) electrons. The van der Waals surface area contributed by atoms with Gasteiger partial charge in [0, 0.05) is 18.7 Å². The van der Waals surface area contributed by atoms with Crippen molar-refractivity contribution in [2.24, 2.45) is 17.8 Å². The molecule has 2 saturated carbocycles. The Morgan fingerprint density at radius 2 is 1.26 bits per heavy atom. The first kappa shape index (κ1) is 33.2. The third-order valence-electron chi connectivity index (χ3n) is 8.15. The summed E-state index contributed by atoms with van der Waals surface area (Å²) in [5, 5.41) is 0. The van der Waals surface area contributed by atoms with Crippen molar-refractivity contribution in [3.8, 4) is 11.5 Å². The molecule has 0 heterocycles. The Morgan fingerprint density at radius 3 is 1.77 bits per heavy atom. The summed E-state index contributed by atoms with van der Waals surface area (Å²) < 4.78 is 142. The van der Waals surface area contributed by atoms with E-state index in [0.29, 0.717) is 51.7 Å². The molecule has 4 nitrogen and oxygen atoms in total. The predicted octanol–water partition coefficient (Wildman–Crippen LogP) is 9.50. The molecular weight excluding hydrogens is 595 g/mol. The summed E-state index contributed by atoms with van der Waals surface area (Å²) >= 11 is 0. The minimum Gasteiger partial charge on any atom is -0.432 e. The lowest BCUT2D eigenvalue weighted by molar-refractivity contribution is -0.278. The number of benzene rings is 2. The number of alkyl halides is 7. The van der Waals surface area contributed by atoms with E-state index in [2.05, 4.69) is 9.47 Å². The van der Waals surface area contributed by atoms with Crippen LogP contribution in [0.1, 0.15) is 69.4 Å². The van der Waals surface area contributed by atoms with Crippen LogP contribution in [0.3, 0.4) is 0 Å². The monoisotopic (exact) mass is 628 g/mol. The van der Waals surface area contributed by atoms with Crippen molar-refractivity contribution in [2.45, 2.75) is 89.6 Å². The van der Waals surface area contributed by atoms with Gasteiger partial charge in [-0.2, -0.15) is 17.6 Å². The molecule has 2 aromatic carbocycles. The molecule has 2 aromatic rings. The van der Waals surface area contributed by atoms with Crippen molar-refractivity contribution < 1.29 is 58.5 Å². The molecule has 0 saturated heterocycles. The largest absolute Gasteiger partial charge is 0.573 e. The van der Waals surface area contributed by atoms with Crippen LogP contribution in [0.5, 0.6) is 11.5 Å². The average Bonchev–Trinajstić information content (AvgIpc) is 2.94. The van der Waals surface area contributed by atoms with Crippen LogP contribution in [0.4, 0.5) is 39.5 Å². The fourth-order valence-electron chi connectivity index (χ4n) is 5.95. The van der Waals surface area contributed by atoms with Crippen LogP contribution < -0.4 is 9.47 Å². The van der Waals surface area contributed by atoms with E-state index in [0.717, 1.165) is 5.56 Å². The van der Waals surface area contributed by atoms with Crippen LogP contribution in [0.2, 0.25) is 0 Å². The maximum Gasteiger partial charge on any atom is 0.573 e. The minimum atomic E-state index is -5.37. The van der Waals surface area contributed by atoms with E-state index in [4.69, 9.17) is 9.47 Å². The summed E-state index contributed by atoms with van der Waals surface area (Å²) in [5.74, 6) is -7.42. The predicted molar refractivity (Wildman–Crippen MR) is 137 cm³/mol. The van der Waals surface area contributed by atoms with Crippen molar-refractivity contribution in [1.29, 1.82) is 0 Å². The maximum absolute atomic E-state index is 14.9. The van der Waals surface area contributed by atoms with Gasteiger partial charge in [0.05, 0.1) is 24.2 Å². The standard InChI is InChI=1S/C30H33F9O4/c1-2-40-17-18-3-9-21(10-4-18)28(33,34)41-23-13-7-20(8-14-23)19-5-11-22(12-6-19)29(35,36)42-24-15-25(31)27(26(32)16-24)43-30(37,38)39/h3-4,9-10,15-16,19-20,22-23H,2,5-8,11-14,17H2,1H3. The first-order valence-electron chi connectivity index (χ1n) is 14.2. The van der Waals surface area contributed by atoms with E-state index in [1.54, 1.807) is 12.1 Å². The van der Waals surface area contributed by atoms with Gasteiger partial charge >= 0.3 is 18.6 Å². The van der Waals surface area contributed by atoms with Crippen LogP contribution in [0.15, 0.2) is 36.4 Å². The normalized spacial score (nSPS) is 23.7. The number of halogens is 9. The Balaban J connectivity index is 1.24. The molecule has 0 atom stereocenters. The van der Waals surface area contributed by atoms with Gasteiger partial charge in [0.1, 0.15) is 5.75 Å². The Labute approximate surface area is 243 Å². The summed E-state index contributed by atoms with van der Waals surface area (Å²) in [6.07, 6.45) is -10.3. The summed E-state index contributed by atoms with van der Waals surface area (Å²) in [4.78, 5) is 0. The lowest BCUT2D eigenvalue weighted by atomic mass is 9.70. The van der Waals surface area contributed by atoms with Gasteiger partial charge in [-0.25, -0.2) is 8.78 Å². The van der Waals surface area contributed by atoms with Gasteiger partial charge in [-0.3, -0.25) is 0 Å². The van der Waals surface area contributed by atoms with Gasteiger partial charge in [-0.1, -0.05) is 12.1 Å². The quantitative estimate of drug-likeness (QED) is 0.232. The van der Waals surface area contributed by atoms with Crippen LogP contribution in [0.25, 0.3) is 0 Å². The summed E-state index contributed by atoms with van der Waals surface area (Å²) in [5.41, 5.74) is 0.532. The first-order chi connectivity index (χ1) is 20.2. The number of hydrogen-bond donors (Lipinski definition) is 0. The molecule has 2 fully saturated rings. The zero-order valence-corrected chi connectivity index (χ0v) is 23.4. The van der Waals surface area contributed by atoms with E-state index in [1.165, 1.54) is 12.1 Å². The van der Waals surface area contributed by atoms with Crippen molar-refractivity contribution in [3.63, 3.8) is 0 Å². The lowest BCUT2D eigenvalue weighted by Gasteiger charge is -2.39. The van der Waals surface area contributed by atoms with Crippen molar-refractivity contribution in [2.75, 3.05) is 6.61 Å². The van der Waals surface area contributed by atoms with E-state index in [9.17, 15) is 39.5 Å². The molecule has 13 heteroatoms. The summed E-state index contributed by atoms with van der Waals surface area (Å²) in [6.45, 7) is 2.69. The Morgan fingerprint density at radius 1 is 0.721 bits per heavy atom. The number of rotatable bonds is 11. The molecule has 0 N–H and O–H groups in total. The van der Waals surface area contributed by atoms with Crippen LogP contribution in [-0.4, -0.2) is 25.2 Å². The number of ether oxygens (including phenoxy) is 4. The molecule has 0 aromatic heterocycles. The van der Waals surface area contributed by atoms with Crippen molar-refractivity contribution in [3.05, 3.63) is 59.2 Å². The lowest BCUT2D eigenvalue weighted by Crippen LogP contribution is -2.39. The zero-order valence-electron chi connectivity index (χ0n) is 23.4. The SMILES string of the molecule is CCOCc1ccc(C(F)(F)OC2CCC(C3CCC(C(F)(F)Oc4cc(F)c(OC(F)(F)F)c(F)c4)CC3)CC2)cc1. The molecule has 0 aliphatic heterocycles. The van der Waals surface area contributed by atoms with Gasteiger partial charge in [0.2, 0.25) is 5.75 Å². The Bertz CT molecular complexity index is 1160. The third-order valence-corrected chi connectivity index (χ3v) is 8.15. The molecule has 43 heavy (non-hydrogen) atoms. The van der Waals surface area contributed by atoms with E-state index < -0.39 is 53.7 Å². The van der Waals surface area contributed by atoms with E-state index in [1.807, 2.05) is 6.92 Å². The number of hydrogen-bond acceptors (Lipinski definition) is 4. The molecule has 0 unspecified atom stereocenters. The highest BCUT2D eigenvalue weighted by molar-refractivity contribution is 5.35. The van der Waals surface area contributed by atoms with Crippen LogP contribution in [-0.2, 0) is 22.2 Å². The highest BCUT2D eigenvalue weighted by atomic mass is 19.4. The van der Waals surface area contributed by atoms with Gasteiger partial charge in [-0.05, 0) is 87.8 Å². The highest BCUT2D eigenvalue weighted by Crippen LogP contribution is 2.46. The second-order valence-electron chi connectivity index (χ2n) is 11.0. The van der Waals surface area contributed by atoms with Crippen LogP contribution >= 0.6 is 0 Å². The molecule has 0 spiro atoms. The summed E-state index contributed by atoms with van der Waals surface area (Å²) in [7, 11) is 0. The van der Waals surface area contributed by atoms with Crippen molar-refractivity contribution >= 4 is 0 Å². The molecular formula is C30H33F9O4. The maximum atomic E-state index is 14.9. The minimum absolute atomic E-state index is 0.0473. The second kappa shape index (κ2) is 13.5. The topological polar surface area (TPSA) is 36.9 Å². The fraction of sp³-hybridized carbons (Fsp3) is 0.600. The molecule has 2 aliphatic carbocycles. The van der Waals surface area contributed by atoms with Gasteiger partial charge in [0.15, 0.2) is 11.6 Å². The Hall–Kier alpha value is -2.67. The third kappa shape index (κ3) is 8.93. The zero-order chi connectivity index (χ0) is 31.4. The van der Waals surface area contributed by atoms with Gasteiger partial charge in [-0.15, -0.1) is 13.2 Å². The highest BCUT2D eigenvalue weighted by Gasteiger charge is 2.46. The van der Waals surface area contributed by atoms with E-state index >= 15 is 0 Å². The average molecular weight is 629 g/mol. The molecule has 4 rings (SSSR count). The van der Waals surface area contributed by atoms with Crippen molar-refractivity contribution in [1.82, 2.24) is 0 Å². The smallest absolute Gasteiger partial charge is 0.432 e. The first-order valence-corrected chi connectivity index (χ1v) is 14.2. The molecule has 2 aliphatic rings. The van der Waals surface area contributed by atoms with E-state index in [-0.39, 0.29) is 42.4 Å². The van der Waals surface area contributed by atoms with Crippen LogP contribution in [0, 0.1) is 29.4 Å². The fourth-order valence-corrected chi connectivity index (χ4v) is 5.95. The second-order valence-corrected chi connectivity index (χ2v) is 11.0. The summed E-state index contributed by atoms with van der Waals surface area (Å²) in [6, 6.07) is 6.22. The molecule has 0 amide bonds. The Kier molecular flexibility index (Phi) is 10.5. The molecule has 240 valence electrons. The molecule has 0 bridgehead atoms.